The molecule has 1 unspecified atom stereocenters. The second kappa shape index (κ2) is 8.63. The van der Waals surface area contributed by atoms with Gasteiger partial charge in [0.05, 0.1) is 12.6 Å². The van der Waals surface area contributed by atoms with Crippen LogP contribution >= 0.6 is 0 Å². The molecule has 122 valence electrons. The predicted molar refractivity (Wildman–Crippen MR) is 89.7 cm³/mol. The molecule has 1 heterocycles. The van der Waals surface area contributed by atoms with Crippen LogP contribution < -0.4 is 15.4 Å². The van der Waals surface area contributed by atoms with Gasteiger partial charge in [-0.3, -0.25) is 4.99 Å². The highest BCUT2D eigenvalue weighted by atomic mass is 16.5. The number of rotatable bonds is 6. The maximum absolute atomic E-state index is 5.77. The summed E-state index contributed by atoms with van der Waals surface area (Å²) in [6.07, 6.45) is 2.59. The van der Waals surface area contributed by atoms with E-state index in [0.717, 1.165) is 37.7 Å². The Hall–Kier alpha value is -1.75. The lowest BCUT2D eigenvalue weighted by Crippen LogP contribution is -2.42. The van der Waals surface area contributed by atoms with E-state index in [9.17, 15) is 0 Å². The average molecular weight is 305 g/mol. The molecule has 2 rings (SSSR count). The van der Waals surface area contributed by atoms with Crippen molar-refractivity contribution in [3.05, 3.63) is 29.3 Å². The Kier molecular flexibility index (Phi) is 6.52. The van der Waals surface area contributed by atoms with E-state index >= 15 is 0 Å². The zero-order valence-corrected chi connectivity index (χ0v) is 13.8. The molecule has 5 nitrogen and oxygen atoms in total. The fourth-order valence-corrected chi connectivity index (χ4v) is 2.59. The van der Waals surface area contributed by atoms with E-state index in [-0.39, 0.29) is 0 Å². The highest BCUT2D eigenvalue weighted by Crippen LogP contribution is 2.15. The fourth-order valence-electron chi connectivity index (χ4n) is 2.59. The number of hydrogen-bond donors (Lipinski definition) is 2. The molecule has 1 aromatic rings. The molecule has 0 radical (unpaired) electrons. The van der Waals surface area contributed by atoms with Crippen LogP contribution in [0, 0.1) is 13.8 Å². The minimum atomic E-state index is 0.310. The third-order valence-corrected chi connectivity index (χ3v) is 3.60. The quantitative estimate of drug-likeness (QED) is 0.480. The van der Waals surface area contributed by atoms with Crippen molar-refractivity contribution < 1.29 is 9.47 Å². The van der Waals surface area contributed by atoms with Crippen LogP contribution in [0.3, 0.4) is 0 Å². The van der Waals surface area contributed by atoms with Gasteiger partial charge in [0.2, 0.25) is 0 Å². The molecule has 0 aliphatic carbocycles. The van der Waals surface area contributed by atoms with Crippen LogP contribution in [0.25, 0.3) is 0 Å². The van der Waals surface area contributed by atoms with Gasteiger partial charge < -0.3 is 20.1 Å². The molecule has 1 saturated heterocycles. The van der Waals surface area contributed by atoms with Crippen molar-refractivity contribution in [1.29, 1.82) is 0 Å². The minimum Gasteiger partial charge on any atom is -0.492 e. The molecule has 5 heteroatoms. The standard InChI is InChI=1S/C17H27N3O2/c1-13-9-14(2)11-16(10-13)22-8-6-19-17(18-3)20-12-15-5-4-7-21-15/h9-11,15H,4-8,12H2,1-3H3,(H2,18,19,20). The molecular formula is C17H27N3O2. The highest BCUT2D eigenvalue weighted by Gasteiger charge is 2.15. The van der Waals surface area contributed by atoms with Crippen molar-refractivity contribution in [3.63, 3.8) is 0 Å². The van der Waals surface area contributed by atoms with Crippen molar-refractivity contribution in [2.24, 2.45) is 4.99 Å². The maximum atomic E-state index is 5.77. The van der Waals surface area contributed by atoms with Crippen LogP contribution in [0.2, 0.25) is 0 Å². The van der Waals surface area contributed by atoms with E-state index in [1.54, 1.807) is 7.05 Å². The maximum Gasteiger partial charge on any atom is 0.191 e. The Morgan fingerprint density at radius 2 is 2.05 bits per heavy atom. The van der Waals surface area contributed by atoms with Crippen molar-refractivity contribution in [3.8, 4) is 5.75 Å². The number of aryl methyl sites for hydroxylation is 2. The van der Waals surface area contributed by atoms with Crippen LogP contribution in [0.5, 0.6) is 5.75 Å². The normalized spacial score (nSPS) is 18.3. The first kappa shape index (κ1) is 16.6. The first-order chi connectivity index (χ1) is 10.7. The van der Waals surface area contributed by atoms with Gasteiger partial charge in [0.15, 0.2) is 5.96 Å². The lowest BCUT2D eigenvalue weighted by Gasteiger charge is -2.15. The van der Waals surface area contributed by atoms with Gasteiger partial charge in [0.25, 0.3) is 0 Å². The van der Waals surface area contributed by atoms with E-state index < -0.39 is 0 Å². The van der Waals surface area contributed by atoms with Crippen molar-refractivity contribution in [2.45, 2.75) is 32.8 Å². The first-order valence-electron chi connectivity index (χ1n) is 7.94. The van der Waals surface area contributed by atoms with Gasteiger partial charge in [-0.2, -0.15) is 0 Å². The molecule has 22 heavy (non-hydrogen) atoms. The molecule has 1 aliphatic heterocycles. The zero-order chi connectivity index (χ0) is 15.8. The van der Waals surface area contributed by atoms with Gasteiger partial charge in [-0.25, -0.2) is 0 Å². The lowest BCUT2D eigenvalue weighted by atomic mass is 10.1. The molecule has 0 spiro atoms. The van der Waals surface area contributed by atoms with Gasteiger partial charge in [-0.15, -0.1) is 0 Å². The van der Waals surface area contributed by atoms with Crippen LogP contribution in [-0.4, -0.2) is 45.4 Å². The summed E-state index contributed by atoms with van der Waals surface area (Å²) in [4.78, 5) is 4.21. The molecule has 1 aliphatic rings. The molecule has 1 atom stereocenters. The lowest BCUT2D eigenvalue weighted by molar-refractivity contribution is 0.114. The zero-order valence-electron chi connectivity index (χ0n) is 13.8. The Bertz CT molecular complexity index is 476. The molecule has 0 amide bonds. The monoisotopic (exact) mass is 305 g/mol. The second-order valence-corrected chi connectivity index (χ2v) is 5.69. The predicted octanol–water partition coefficient (Wildman–Crippen LogP) is 2.03. The van der Waals surface area contributed by atoms with Gasteiger partial charge in [-0.05, 0) is 49.9 Å². The summed E-state index contributed by atoms with van der Waals surface area (Å²) in [5, 5.41) is 6.54. The van der Waals surface area contributed by atoms with Crippen molar-refractivity contribution in [2.75, 3.05) is 33.4 Å². The highest BCUT2D eigenvalue weighted by molar-refractivity contribution is 5.79. The summed E-state index contributed by atoms with van der Waals surface area (Å²) >= 11 is 0. The van der Waals surface area contributed by atoms with Gasteiger partial charge in [0.1, 0.15) is 12.4 Å². The summed E-state index contributed by atoms with van der Waals surface area (Å²) in [5.74, 6) is 1.71. The Balaban J connectivity index is 1.65. The molecule has 2 N–H and O–H groups in total. The Labute approximate surface area is 133 Å². The minimum absolute atomic E-state index is 0.310. The third kappa shape index (κ3) is 5.56. The first-order valence-corrected chi connectivity index (χ1v) is 7.94. The number of guanidine groups is 1. The molecule has 1 aromatic carbocycles. The number of hydrogen-bond acceptors (Lipinski definition) is 3. The second-order valence-electron chi connectivity index (χ2n) is 5.69. The molecule has 0 saturated carbocycles. The van der Waals surface area contributed by atoms with Gasteiger partial charge >= 0.3 is 0 Å². The summed E-state index contributed by atoms with van der Waals surface area (Å²) in [6.45, 7) is 7.14. The van der Waals surface area contributed by atoms with Crippen molar-refractivity contribution >= 4 is 5.96 Å². The molecule has 1 fully saturated rings. The van der Waals surface area contributed by atoms with Crippen LogP contribution in [0.4, 0.5) is 0 Å². The van der Waals surface area contributed by atoms with E-state index in [1.807, 2.05) is 0 Å². The van der Waals surface area contributed by atoms with Crippen molar-refractivity contribution in [1.82, 2.24) is 10.6 Å². The van der Waals surface area contributed by atoms with Gasteiger partial charge in [-0.1, -0.05) is 6.07 Å². The van der Waals surface area contributed by atoms with E-state index in [2.05, 4.69) is 47.7 Å². The van der Waals surface area contributed by atoms with Crippen LogP contribution in [0.1, 0.15) is 24.0 Å². The number of nitrogens with one attached hydrogen (secondary N) is 2. The van der Waals surface area contributed by atoms with Crippen LogP contribution in [-0.2, 0) is 4.74 Å². The topological polar surface area (TPSA) is 54.9 Å². The number of benzene rings is 1. The van der Waals surface area contributed by atoms with Crippen LogP contribution in [0.15, 0.2) is 23.2 Å². The molecule has 0 bridgehead atoms. The smallest absolute Gasteiger partial charge is 0.191 e. The number of nitrogens with zero attached hydrogens (tertiary/aromatic N) is 1. The van der Waals surface area contributed by atoms with E-state index in [1.165, 1.54) is 11.1 Å². The summed E-state index contributed by atoms with van der Waals surface area (Å²) in [7, 11) is 1.77. The van der Waals surface area contributed by atoms with Gasteiger partial charge in [0, 0.05) is 20.2 Å². The number of ether oxygens (including phenoxy) is 2. The summed E-state index contributed by atoms with van der Waals surface area (Å²) in [6, 6.07) is 6.25. The number of aliphatic imine (C=N–C) groups is 1. The fraction of sp³-hybridized carbons (Fsp3) is 0.588. The SMILES string of the molecule is CN=C(NCCOc1cc(C)cc(C)c1)NCC1CCCO1. The van der Waals surface area contributed by atoms with E-state index in [4.69, 9.17) is 9.47 Å². The Morgan fingerprint density at radius 3 is 2.68 bits per heavy atom. The molecule has 0 aromatic heterocycles. The van der Waals surface area contributed by atoms with E-state index in [0.29, 0.717) is 19.3 Å². The summed E-state index contributed by atoms with van der Waals surface area (Å²) < 4.78 is 11.4. The molecular weight excluding hydrogens is 278 g/mol. The summed E-state index contributed by atoms with van der Waals surface area (Å²) in [5.41, 5.74) is 2.44. The largest absolute Gasteiger partial charge is 0.492 e. The Morgan fingerprint density at radius 1 is 1.27 bits per heavy atom. The third-order valence-electron chi connectivity index (χ3n) is 3.60. The average Bonchev–Trinajstić information content (AvgIpc) is 2.99.